The highest BCUT2D eigenvalue weighted by Crippen LogP contribution is 2.25. The van der Waals surface area contributed by atoms with Gasteiger partial charge in [0, 0.05) is 37.9 Å². The lowest BCUT2D eigenvalue weighted by molar-refractivity contribution is 0.251. The van der Waals surface area contributed by atoms with E-state index in [9.17, 15) is 0 Å². The summed E-state index contributed by atoms with van der Waals surface area (Å²) in [6, 6.07) is 7.54. The highest BCUT2D eigenvalue weighted by atomic mass is 16.5. The number of nitrogens with one attached hydrogen (secondary N) is 1. The molecule has 8 heteroatoms. The quantitative estimate of drug-likeness (QED) is 0.443. The largest absolute Gasteiger partial charge is 0.481 e. The summed E-state index contributed by atoms with van der Waals surface area (Å²) in [7, 11) is 3.20. The summed E-state index contributed by atoms with van der Waals surface area (Å²) in [5, 5.41) is 1.18. The second-order valence-corrected chi connectivity index (χ2v) is 7.69. The Labute approximate surface area is 182 Å². The number of aryl methyl sites for hydroxylation is 1. The van der Waals surface area contributed by atoms with Crippen LogP contribution in [0.15, 0.2) is 30.5 Å². The molecule has 0 unspecified atom stereocenters. The molecule has 162 valence electrons. The standard InChI is InChI=1S/C23H28N6O2/c1-24-18-7-8-20-19(14-18)17(16-25-20)6-4-5-9-28-10-12-29(13-11-28)23-26-21(30-2)15-22(27-23)31-3/h7-8,14-16,25H,4-6,9-13H2,2-3H3. The van der Waals surface area contributed by atoms with Crippen LogP contribution in [-0.2, 0) is 6.42 Å². The number of unbranched alkanes of at least 4 members (excludes halogenated alkanes) is 1. The number of H-pyrrole nitrogens is 1. The lowest BCUT2D eigenvalue weighted by Gasteiger charge is -2.34. The zero-order valence-corrected chi connectivity index (χ0v) is 18.1. The van der Waals surface area contributed by atoms with E-state index in [1.165, 1.54) is 10.9 Å². The van der Waals surface area contributed by atoms with Gasteiger partial charge >= 0.3 is 0 Å². The van der Waals surface area contributed by atoms with Gasteiger partial charge in [0.1, 0.15) is 0 Å². The van der Waals surface area contributed by atoms with Gasteiger partial charge in [-0.2, -0.15) is 9.97 Å². The lowest BCUT2D eigenvalue weighted by atomic mass is 10.1. The zero-order valence-electron chi connectivity index (χ0n) is 18.1. The fourth-order valence-corrected chi connectivity index (χ4v) is 4.01. The van der Waals surface area contributed by atoms with Crippen molar-refractivity contribution in [2.75, 3.05) is 51.8 Å². The number of fused-ring (bicyclic) bond motifs is 1. The Kier molecular flexibility index (Phi) is 6.53. The number of benzene rings is 1. The first-order valence-electron chi connectivity index (χ1n) is 10.6. The van der Waals surface area contributed by atoms with Crippen LogP contribution in [0.2, 0.25) is 0 Å². The summed E-state index contributed by atoms with van der Waals surface area (Å²) < 4.78 is 10.5. The number of anilines is 1. The summed E-state index contributed by atoms with van der Waals surface area (Å²) in [5.41, 5.74) is 3.10. The van der Waals surface area contributed by atoms with Crippen LogP contribution < -0.4 is 14.4 Å². The average molecular weight is 421 g/mol. The second kappa shape index (κ2) is 9.67. The molecular formula is C23H28N6O2. The molecule has 1 aromatic carbocycles. The number of methoxy groups -OCH3 is 2. The molecule has 1 saturated heterocycles. The Balaban J connectivity index is 1.25. The first-order chi connectivity index (χ1) is 15.2. The molecule has 31 heavy (non-hydrogen) atoms. The molecule has 3 aromatic rings. The number of piperazine rings is 1. The van der Waals surface area contributed by atoms with Crippen LogP contribution in [0.1, 0.15) is 18.4 Å². The molecule has 4 rings (SSSR count). The molecule has 0 atom stereocenters. The molecule has 1 N–H and O–H groups in total. The number of aromatic nitrogens is 3. The Morgan fingerprint density at radius 3 is 2.45 bits per heavy atom. The molecule has 3 heterocycles. The predicted octanol–water partition coefficient (Wildman–Crippen LogP) is 3.67. The molecule has 8 nitrogen and oxygen atoms in total. The third kappa shape index (κ3) is 4.89. The van der Waals surface area contributed by atoms with Gasteiger partial charge in [-0.3, -0.25) is 4.90 Å². The summed E-state index contributed by atoms with van der Waals surface area (Å²) in [6.45, 7) is 12.1. The number of ether oxygens (including phenoxy) is 2. The molecule has 2 aromatic heterocycles. The van der Waals surface area contributed by atoms with Gasteiger partial charge in [0.05, 0.1) is 26.9 Å². The van der Waals surface area contributed by atoms with Gasteiger partial charge in [-0.15, -0.1) is 0 Å². The van der Waals surface area contributed by atoms with E-state index in [-0.39, 0.29) is 0 Å². The highest BCUT2D eigenvalue weighted by Gasteiger charge is 2.20. The number of rotatable bonds is 8. The van der Waals surface area contributed by atoms with Crippen LogP contribution in [0.3, 0.4) is 0 Å². The summed E-state index contributed by atoms with van der Waals surface area (Å²) in [4.78, 5) is 20.5. The van der Waals surface area contributed by atoms with Crippen LogP contribution in [0.5, 0.6) is 11.8 Å². The zero-order chi connectivity index (χ0) is 21.6. The van der Waals surface area contributed by atoms with Crippen molar-refractivity contribution >= 4 is 22.5 Å². The third-order valence-electron chi connectivity index (χ3n) is 5.79. The van der Waals surface area contributed by atoms with Crippen molar-refractivity contribution in [3.63, 3.8) is 0 Å². The summed E-state index contributed by atoms with van der Waals surface area (Å²) >= 11 is 0. The molecule has 0 amide bonds. The maximum absolute atomic E-state index is 7.22. The lowest BCUT2D eigenvalue weighted by Crippen LogP contribution is -2.47. The van der Waals surface area contributed by atoms with E-state index in [4.69, 9.17) is 16.0 Å². The van der Waals surface area contributed by atoms with E-state index in [0.29, 0.717) is 23.4 Å². The van der Waals surface area contributed by atoms with Crippen LogP contribution >= 0.6 is 0 Å². The summed E-state index contributed by atoms with van der Waals surface area (Å²) in [5.74, 6) is 1.70. The van der Waals surface area contributed by atoms with Gasteiger partial charge in [-0.05, 0) is 48.9 Å². The van der Waals surface area contributed by atoms with E-state index < -0.39 is 0 Å². The van der Waals surface area contributed by atoms with Crippen molar-refractivity contribution in [1.82, 2.24) is 19.9 Å². The first-order valence-corrected chi connectivity index (χ1v) is 10.6. The van der Waals surface area contributed by atoms with Crippen LogP contribution in [0.25, 0.3) is 15.7 Å². The average Bonchev–Trinajstić information content (AvgIpc) is 3.23. The van der Waals surface area contributed by atoms with Crippen molar-refractivity contribution < 1.29 is 9.47 Å². The minimum absolute atomic E-state index is 0.519. The van der Waals surface area contributed by atoms with E-state index in [0.717, 1.165) is 57.5 Å². The van der Waals surface area contributed by atoms with Gasteiger partial charge in [-0.25, -0.2) is 4.85 Å². The van der Waals surface area contributed by atoms with Crippen molar-refractivity contribution in [3.8, 4) is 11.8 Å². The minimum Gasteiger partial charge on any atom is -0.481 e. The van der Waals surface area contributed by atoms with Gasteiger partial charge in [-0.1, -0.05) is 6.07 Å². The van der Waals surface area contributed by atoms with Crippen LogP contribution in [-0.4, -0.2) is 66.8 Å². The van der Waals surface area contributed by atoms with E-state index in [1.54, 1.807) is 20.3 Å². The minimum atomic E-state index is 0.519. The number of hydrogen-bond donors (Lipinski definition) is 1. The predicted molar refractivity (Wildman–Crippen MR) is 121 cm³/mol. The monoisotopic (exact) mass is 420 g/mol. The first kappa shape index (κ1) is 20.9. The highest BCUT2D eigenvalue weighted by molar-refractivity contribution is 5.86. The van der Waals surface area contributed by atoms with E-state index in [1.807, 2.05) is 18.2 Å². The molecule has 1 aliphatic heterocycles. The molecule has 0 spiro atoms. The Hall–Kier alpha value is -3.31. The van der Waals surface area contributed by atoms with Crippen molar-refractivity contribution in [2.45, 2.75) is 19.3 Å². The molecule has 0 aliphatic carbocycles. The van der Waals surface area contributed by atoms with E-state index >= 15 is 0 Å². The topological polar surface area (TPSA) is 70.9 Å². The molecule has 1 aliphatic rings. The molecule has 1 fully saturated rings. The van der Waals surface area contributed by atoms with E-state index in [2.05, 4.69) is 35.8 Å². The van der Waals surface area contributed by atoms with Crippen LogP contribution in [0, 0.1) is 6.57 Å². The molecule has 0 radical (unpaired) electrons. The van der Waals surface area contributed by atoms with Crippen molar-refractivity contribution in [1.29, 1.82) is 0 Å². The number of nitrogens with zero attached hydrogens (tertiary/aromatic N) is 5. The second-order valence-electron chi connectivity index (χ2n) is 7.69. The smallest absolute Gasteiger partial charge is 0.232 e. The molecular weight excluding hydrogens is 392 g/mol. The Morgan fingerprint density at radius 1 is 1.03 bits per heavy atom. The Morgan fingerprint density at radius 2 is 1.77 bits per heavy atom. The molecule has 0 saturated carbocycles. The summed E-state index contributed by atoms with van der Waals surface area (Å²) in [6.07, 6.45) is 5.39. The SMILES string of the molecule is [C-]#[N+]c1ccc2[nH]cc(CCCCN3CCN(c4nc(OC)cc(OC)n4)CC3)c2c1. The van der Waals surface area contributed by atoms with Gasteiger partial charge in [0.15, 0.2) is 5.69 Å². The molecule has 0 bridgehead atoms. The van der Waals surface area contributed by atoms with Crippen molar-refractivity contribution in [2.24, 2.45) is 0 Å². The van der Waals surface area contributed by atoms with Gasteiger partial charge in [0.25, 0.3) is 0 Å². The number of aromatic amines is 1. The number of hydrogen-bond acceptors (Lipinski definition) is 6. The van der Waals surface area contributed by atoms with Crippen molar-refractivity contribution in [3.05, 3.63) is 47.4 Å². The normalized spacial score (nSPS) is 14.5. The maximum Gasteiger partial charge on any atom is 0.232 e. The van der Waals surface area contributed by atoms with Gasteiger partial charge < -0.3 is 19.4 Å². The Bertz CT molecular complexity index is 1040. The fourth-order valence-electron chi connectivity index (χ4n) is 4.01. The third-order valence-corrected chi connectivity index (χ3v) is 5.79. The fraction of sp³-hybridized carbons (Fsp3) is 0.435. The van der Waals surface area contributed by atoms with Crippen LogP contribution in [0.4, 0.5) is 11.6 Å². The van der Waals surface area contributed by atoms with Gasteiger partial charge in [0.2, 0.25) is 17.7 Å². The maximum atomic E-state index is 7.22.